The molecule has 1 fully saturated rings. The Bertz CT molecular complexity index is 1130. The quantitative estimate of drug-likeness (QED) is 0.699. The normalized spacial score (nSPS) is 16.4. The van der Waals surface area contributed by atoms with Crippen molar-refractivity contribution >= 4 is 27.7 Å². The summed E-state index contributed by atoms with van der Waals surface area (Å²) in [7, 11) is -3.72. The first-order valence-electron chi connectivity index (χ1n) is 9.99. The van der Waals surface area contributed by atoms with Crippen molar-refractivity contribution in [2.75, 3.05) is 11.4 Å². The number of anilines is 1. The minimum Gasteiger partial charge on any atom is -0.435 e. The molecule has 2 aliphatic rings. The number of rotatable bonds is 7. The fourth-order valence-corrected chi connectivity index (χ4v) is 5.05. The second-order valence-electron chi connectivity index (χ2n) is 7.49. The average molecular weight is 448 g/mol. The zero-order valence-electron chi connectivity index (χ0n) is 16.7. The summed E-state index contributed by atoms with van der Waals surface area (Å²) in [6.07, 6.45) is 3.59. The van der Waals surface area contributed by atoms with Gasteiger partial charge in [-0.05, 0) is 66.3 Å². The number of nitrogens with zero attached hydrogens (tertiary/aromatic N) is 1. The van der Waals surface area contributed by atoms with Gasteiger partial charge in [-0.1, -0.05) is 18.2 Å². The van der Waals surface area contributed by atoms with E-state index in [4.69, 9.17) is 0 Å². The molecule has 1 aliphatic carbocycles. The Labute approximate surface area is 179 Å². The van der Waals surface area contributed by atoms with Crippen LogP contribution in [-0.2, 0) is 27.8 Å². The summed E-state index contributed by atoms with van der Waals surface area (Å²) in [6, 6.07) is 11.8. The van der Waals surface area contributed by atoms with E-state index in [1.54, 1.807) is 23.1 Å². The third kappa shape index (κ3) is 4.94. The zero-order chi connectivity index (χ0) is 22.0. The van der Waals surface area contributed by atoms with E-state index in [2.05, 4.69) is 9.46 Å². The van der Waals surface area contributed by atoms with Crippen LogP contribution in [0.15, 0.2) is 47.4 Å². The lowest BCUT2D eigenvalue weighted by Crippen LogP contribution is -2.26. The van der Waals surface area contributed by atoms with Crippen LogP contribution in [0.5, 0.6) is 5.75 Å². The Kier molecular flexibility index (Phi) is 6.06. The van der Waals surface area contributed by atoms with Crippen molar-refractivity contribution in [2.45, 2.75) is 38.8 Å². The van der Waals surface area contributed by atoms with Gasteiger partial charge in [0, 0.05) is 25.2 Å². The molecule has 4 rings (SSSR count). The van der Waals surface area contributed by atoms with Gasteiger partial charge in [-0.2, -0.15) is 8.78 Å². The molecule has 0 atom stereocenters. The summed E-state index contributed by atoms with van der Waals surface area (Å²) in [5.74, 6) is 0.133. The Morgan fingerprint density at radius 2 is 1.94 bits per heavy atom. The molecule has 6 nitrogen and oxygen atoms in total. The van der Waals surface area contributed by atoms with Crippen molar-refractivity contribution in [1.82, 2.24) is 4.72 Å². The number of hydrogen-bond donors (Lipinski definition) is 1. The van der Waals surface area contributed by atoms with E-state index >= 15 is 0 Å². The molecule has 0 bridgehead atoms. The summed E-state index contributed by atoms with van der Waals surface area (Å²) < 4.78 is 57.4. The fraction of sp³-hybridized carbons (Fsp3) is 0.318. The Balaban J connectivity index is 1.46. The van der Waals surface area contributed by atoms with Gasteiger partial charge in [0.25, 0.3) is 0 Å². The topological polar surface area (TPSA) is 75.7 Å². The van der Waals surface area contributed by atoms with Crippen molar-refractivity contribution in [3.8, 4) is 5.75 Å². The van der Waals surface area contributed by atoms with Crippen LogP contribution in [0.3, 0.4) is 0 Å². The molecule has 1 heterocycles. The number of fused-ring (bicyclic) bond motifs is 1. The summed E-state index contributed by atoms with van der Waals surface area (Å²) in [6.45, 7) is -2.13. The number of benzene rings is 2. The number of carbonyl (C=O) groups excluding carboxylic acids is 1. The molecule has 1 amide bonds. The van der Waals surface area contributed by atoms with Crippen LogP contribution < -0.4 is 14.4 Å². The third-order valence-electron chi connectivity index (χ3n) is 5.40. The number of hydrogen-bond acceptors (Lipinski definition) is 4. The second kappa shape index (κ2) is 8.76. The number of allylic oxidation sites excluding steroid dienone is 1. The number of ether oxygens (including phenoxy) is 1. The first-order chi connectivity index (χ1) is 14.8. The number of halogens is 2. The molecular formula is C22H22F2N2O4S. The Morgan fingerprint density at radius 1 is 1.10 bits per heavy atom. The minimum absolute atomic E-state index is 0.0583. The third-order valence-corrected chi connectivity index (χ3v) is 6.94. The maximum Gasteiger partial charge on any atom is 0.387 e. The Morgan fingerprint density at radius 3 is 2.68 bits per heavy atom. The van der Waals surface area contributed by atoms with E-state index < -0.39 is 16.6 Å². The van der Waals surface area contributed by atoms with Gasteiger partial charge in [0.1, 0.15) is 5.75 Å². The van der Waals surface area contributed by atoms with Crippen LogP contribution in [-0.4, -0.2) is 27.5 Å². The number of alkyl halides is 2. The van der Waals surface area contributed by atoms with E-state index in [9.17, 15) is 22.0 Å². The molecule has 0 saturated carbocycles. The molecule has 0 unspecified atom stereocenters. The number of aryl methyl sites for hydroxylation is 1. The van der Waals surface area contributed by atoms with E-state index in [0.29, 0.717) is 24.9 Å². The van der Waals surface area contributed by atoms with Crippen LogP contribution >= 0.6 is 0 Å². The van der Waals surface area contributed by atoms with E-state index in [1.807, 2.05) is 18.2 Å². The minimum atomic E-state index is -3.72. The first kappa shape index (κ1) is 21.5. The van der Waals surface area contributed by atoms with Gasteiger partial charge in [-0.25, -0.2) is 13.1 Å². The molecule has 164 valence electrons. The summed E-state index contributed by atoms with van der Waals surface area (Å²) >= 11 is 0. The highest BCUT2D eigenvalue weighted by Crippen LogP contribution is 2.30. The smallest absolute Gasteiger partial charge is 0.387 e. The maximum absolute atomic E-state index is 12.8. The summed E-state index contributed by atoms with van der Waals surface area (Å²) in [5.41, 5.74) is 2.96. The molecule has 1 N–H and O–H groups in total. The van der Waals surface area contributed by atoms with Crippen LogP contribution in [0.1, 0.15) is 36.0 Å². The standard InChI is InChI=1S/C22H22F2N2O4S/c23-22(24)30-19-8-6-17-13-20(9-7-16(17)12-19)31(28,29)25-14-15-3-1-4-18(11-15)26-10-2-5-21(26)27/h1,3-4,6,8,11-13,22,25H,2,5,7,9-10,14H2. The molecule has 9 heteroatoms. The molecule has 1 saturated heterocycles. The van der Waals surface area contributed by atoms with Crippen LogP contribution in [0.4, 0.5) is 14.5 Å². The molecular weight excluding hydrogens is 426 g/mol. The van der Waals surface area contributed by atoms with E-state index in [-0.39, 0.29) is 29.5 Å². The lowest BCUT2D eigenvalue weighted by molar-refractivity contribution is -0.117. The SMILES string of the molecule is O=C1CCCN1c1cccc(CNS(=O)(=O)C2=Cc3ccc(OC(F)F)cc3CC2)c1. The number of nitrogens with one attached hydrogen (secondary N) is 1. The highest BCUT2D eigenvalue weighted by atomic mass is 32.2. The largest absolute Gasteiger partial charge is 0.435 e. The molecule has 0 radical (unpaired) electrons. The van der Waals surface area contributed by atoms with Crippen LogP contribution in [0.25, 0.3) is 6.08 Å². The van der Waals surface area contributed by atoms with Gasteiger partial charge in [0.2, 0.25) is 15.9 Å². The highest BCUT2D eigenvalue weighted by molar-refractivity contribution is 7.93. The Hall–Kier alpha value is -2.78. The van der Waals surface area contributed by atoms with Crippen LogP contribution in [0.2, 0.25) is 0 Å². The van der Waals surface area contributed by atoms with Gasteiger partial charge in [-0.3, -0.25) is 4.79 Å². The zero-order valence-corrected chi connectivity index (χ0v) is 17.5. The summed E-state index contributed by atoms with van der Waals surface area (Å²) in [5, 5.41) is 0. The molecule has 31 heavy (non-hydrogen) atoms. The second-order valence-corrected chi connectivity index (χ2v) is 9.31. The predicted octanol–water partition coefficient (Wildman–Crippen LogP) is 3.82. The van der Waals surface area contributed by atoms with Crippen LogP contribution in [0, 0.1) is 0 Å². The molecule has 0 spiro atoms. The fourth-order valence-electron chi connectivity index (χ4n) is 3.86. The van der Waals surface area contributed by atoms with Gasteiger partial charge in [0.15, 0.2) is 0 Å². The lowest BCUT2D eigenvalue weighted by atomic mass is 9.97. The van der Waals surface area contributed by atoms with E-state index in [0.717, 1.165) is 23.2 Å². The van der Waals surface area contributed by atoms with Gasteiger partial charge >= 0.3 is 6.61 Å². The van der Waals surface area contributed by atoms with Crippen molar-refractivity contribution in [3.63, 3.8) is 0 Å². The van der Waals surface area contributed by atoms with E-state index in [1.165, 1.54) is 12.1 Å². The van der Waals surface area contributed by atoms with Gasteiger partial charge < -0.3 is 9.64 Å². The molecule has 2 aromatic carbocycles. The number of carbonyl (C=O) groups is 1. The lowest BCUT2D eigenvalue weighted by Gasteiger charge is -2.19. The maximum atomic E-state index is 12.8. The molecule has 1 aliphatic heterocycles. The van der Waals surface area contributed by atoms with Crippen molar-refractivity contribution < 1.29 is 26.7 Å². The monoisotopic (exact) mass is 448 g/mol. The van der Waals surface area contributed by atoms with Crippen molar-refractivity contribution in [3.05, 3.63) is 64.1 Å². The van der Waals surface area contributed by atoms with Crippen molar-refractivity contribution in [1.29, 1.82) is 0 Å². The predicted molar refractivity (Wildman–Crippen MR) is 113 cm³/mol. The van der Waals surface area contributed by atoms with Crippen molar-refractivity contribution in [2.24, 2.45) is 0 Å². The van der Waals surface area contributed by atoms with Gasteiger partial charge in [-0.15, -0.1) is 0 Å². The number of amides is 1. The first-order valence-corrected chi connectivity index (χ1v) is 11.5. The summed E-state index contributed by atoms with van der Waals surface area (Å²) in [4.78, 5) is 13.9. The molecule has 2 aromatic rings. The molecule has 0 aromatic heterocycles. The van der Waals surface area contributed by atoms with Gasteiger partial charge in [0.05, 0.1) is 4.91 Å². The average Bonchev–Trinajstić information content (AvgIpc) is 3.17. The highest BCUT2D eigenvalue weighted by Gasteiger charge is 2.24. The number of sulfonamides is 1.